The zero-order chi connectivity index (χ0) is 14.9. The lowest BCUT2D eigenvalue weighted by atomic mass is 10.1. The van der Waals surface area contributed by atoms with Crippen molar-refractivity contribution in [2.45, 2.75) is 71.1 Å². The van der Waals surface area contributed by atoms with Crippen LogP contribution in [0.4, 0.5) is 0 Å². The quantitative estimate of drug-likeness (QED) is 0.359. The Hall–Kier alpha value is -0.610. The summed E-state index contributed by atoms with van der Waals surface area (Å²) in [5.74, 6) is -0.0984. The molecule has 0 aromatic heterocycles. The number of aliphatic hydroxyl groups is 1. The number of esters is 1. The van der Waals surface area contributed by atoms with Crippen LogP contribution >= 0.6 is 0 Å². The Morgan fingerprint density at radius 3 is 2.25 bits per heavy atom. The third-order valence-electron chi connectivity index (χ3n) is 3.28. The molecule has 0 rings (SSSR count). The number of hydrogen-bond acceptors (Lipinski definition) is 4. The summed E-state index contributed by atoms with van der Waals surface area (Å²) in [5.41, 5.74) is 0. The molecule has 2 N–H and O–H groups in total. The van der Waals surface area contributed by atoms with Crippen LogP contribution in [0.5, 0.6) is 0 Å². The molecule has 0 aliphatic heterocycles. The molecule has 0 fully saturated rings. The number of carbonyl (C=O) groups is 1. The van der Waals surface area contributed by atoms with Crippen LogP contribution in [0.1, 0.15) is 71.1 Å². The van der Waals surface area contributed by atoms with Gasteiger partial charge >= 0.3 is 5.97 Å². The first-order valence-corrected chi connectivity index (χ1v) is 8.28. The van der Waals surface area contributed by atoms with E-state index in [0.717, 1.165) is 25.8 Å². The minimum Gasteiger partial charge on any atom is -0.466 e. The van der Waals surface area contributed by atoms with E-state index < -0.39 is 0 Å². The number of ether oxygens (including phenoxy) is 1. The van der Waals surface area contributed by atoms with Gasteiger partial charge in [0.2, 0.25) is 0 Å². The second kappa shape index (κ2) is 16.4. The maximum Gasteiger partial charge on any atom is 0.305 e. The van der Waals surface area contributed by atoms with Gasteiger partial charge in [-0.1, -0.05) is 51.9 Å². The number of nitrogens with one attached hydrogen (secondary N) is 1. The summed E-state index contributed by atoms with van der Waals surface area (Å²) in [6.45, 7) is 4.29. The maximum atomic E-state index is 11.4. The molecule has 0 bridgehead atoms. The lowest BCUT2D eigenvalue weighted by Crippen LogP contribution is -2.20. The van der Waals surface area contributed by atoms with Gasteiger partial charge in [0.25, 0.3) is 0 Å². The second-order valence-corrected chi connectivity index (χ2v) is 5.27. The van der Waals surface area contributed by atoms with E-state index in [0.29, 0.717) is 19.6 Å². The molecule has 0 heterocycles. The standard InChI is InChI=1S/C16H33NO3/c1-2-3-4-5-6-7-8-9-15-20-16(19)11-10-12-17-13-14-18/h17-18H,2-15H2,1H3. The third kappa shape index (κ3) is 15.4. The smallest absolute Gasteiger partial charge is 0.305 e. The predicted molar refractivity (Wildman–Crippen MR) is 82.8 cm³/mol. The van der Waals surface area contributed by atoms with Crippen molar-refractivity contribution in [2.24, 2.45) is 0 Å². The average Bonchev–Trinajstić information content (AvgIpc) is 2.45. The number of carbonyl (C=O) groups excluding carboxylic acids is 1. The van der Waals surface area contributed by atoms with E-state index in [1.165, 1.54) is 38.5 Å². The molecule has 0 amide bonds. The monoisotopic (exact) mass is 287 g/mol. The molecule has 0 aliphatic carbocycles. The van der Waals surface area contributed by atoms with E-state index in [4.69, 9.17) is 9.84 Å². The van der Waals surface area contributed by atoms with Gasteiger partial charge in [-0.05, 0) is 19.4 Å². The molecule has 20 heavy (non-hydrogen) atoms. The van der Waals surface area contributed by atoms with Gasteiger partial charge in [0.15, 0.2) is 0 Å². The average molecular weight is 287 g/mol. The van der Waals surface area contributed by atoms with Crippen molar-refractivity contribution in [3.8, 4) is 0 Å². The Bertz CT molecular complexity index is 210. The highest BCUT2D eigenvalue weighted by Gasteiger charge is 2.01. The van der Waals surface area contributed by atoms with Crippen LogP contribution in [0, 0.1) is 0 Å². The number of rotatable bonds is 15. The van der Waals surface area contributed by atoms with Crippen LogP contribution in [0.15, 0.2) is 0 Å². The molecule has 0 saturated carbocycles. The van der Waals surface area contributed by atoms with Crippen molar-refractivity contribution in [3.63, 3.8) is 0 Å². The lowest BCUT2D eigenvalue weighted by Gasteiger charge is -2.05. The Kier molecular flexibility index (Phi) is 15.9. The van der Waals surface area contributed by atoms with E-state index in [-0.39, 0.29) is 12.6 Å². The molecular weight excluding hydrogens is 254 g/mol. The topological polar surface area (TPSA) is 58.6 Å². The van der Waals surface area contributed by atoms with Gasteiger partial charge in [-0.25, -0.2) is 0 Å². The van der Waals surface area contributed by atoms with Gasteiger partial charge < -0.3 is 15.2 Å². The summed E-state index contributed by atoms with van der Waals surface area (Å²) in [6, 6.07) is 0. The van der Waals surface area contributed by atoms with Crippen molar-refractivity contribution >= 4 is 5.97 Å². The van der Waals surface area contributed by atoms with Gasteiger partial charge in [0, 0.05) is 13.0 Å². The highest BCUT2D eigenvalue weighted by Crippen LogP contribution is 2.08. The van der Waals surface area contributed by atoms with Crippen molar-refractivity contribution in [2.75, 3.05) is 26.3 Å². The summed E-state index contributed by atoms with van der Waals surface area (Å²) >= 11 is 0. The fraction of sp³-hybridized carbons (Fsp3) is 0.938. The summed E-state index contributed by atoms with van der Waals surface area (Å²) in [7, 11) is 0. The Balaban J connectivity index is 3.11. The molecule has 0 unspecified atom stereocenters. The Morgan fingerprint density at radius 1 is 0.950 bits per heavy atom. The van der Waals surface area contributed by atoms with Crippen LogP contribution < -0.4 is 5.32 Å². The third-order valence-corrected chi connectivity index (χ3v) is 3.28. The first-order chi connectivity index (χ1) is 9.81. The molecule has 0 atom stereocenters. The lowest BCUT2D eigenvalue weighted by molar-refractivity contribution is -0.143. The largest absolute Gasteiger partial charge is 0.466 e. The maximum absolute atomic E-state index is 11.4. The van der Waals surface area contributed by atoms with Gasteiger partial charge in [-0.2, -0.15) is 0 Å². The predicted octanol–water partition coefficient (Wildman–Crippen LogP) is 3.03. The minimum absolute atomic E-state index is 0.0984. The highest BCUT2D eigenvalue weighted by atomic mass is 16.5. The van der Waals surface area contributed by atoms with Crippen LogP contribution in [-0.2, 0) is 9.53 Å². The summed E-state index contributed by atoms with van der Waals surface area (Å²) in [4.78, 5) is 11.4. The van der Waals surface area contributed by atoms with Gasteiger partial charge in [0.05, 0.1) is 13.2 Å². The van der Waals surface area contributed by atoms with Gasteiger partial charge in [-0.15, -0.1) is 0 Å². The Labute approximate surface area is 124 Å². The zero-order valence-electron chi connectivity index (χ0n) is 13.2. The first kappa shape index (κ1) is 19.4. The van der Waals surface area contributed by atoms with Crippen molar-refractivity contribution < 1.29 is 14.6 Å². The molecule has 0 radical (unpaired) electrons. The van der Waals surface area contributed by atoms with Crippen LogP contribution in [0.2, 0.25) is 0 Å². The second-order valence-electron chi connectivity index (χ2n) is 5.27. The van der Waals surface area contributed by atoms with Crippen LogP contribution in [0.3, 0.4) is 0 Å². The normalized spacial score (nSPS) is 10.7. The first-order valence-electron chi connectivity index (χ1n) is 8.28. The van der Waals surface area contributed by atoms with E-state index >= 15 is 0 Å². The SMILES string of the molecule is CCCCCCCCCCOC(=O)CCCNCCO. The van der Waals surface area contributed by atoms with Crippen LogP contribution in [-0.4, -0.2) is 37.4 Å². The van der Waals surface area contributed by atoms with Gasteiger partial charge in [0.1, 0.15) is 0 Å². The van der Waals surface area contributed by atoms with Crippen molar-refractivity contribution in [1.29, 1.82) is 0 Å². The molecule has 0 aromatic carbocycles. The summed E-state index contributed by atoms with van der Waals surface area (Å²) in [5, 5.41) is 11.6. The molecule has 0 aromatic rings. The van der Waals surface area contributed by atoms with E-state index in [2.05, 4.69) is 12.2 Å². The van der Waals surface area contributed by atoms with Crippen molar-refractivity contribution in [3.05, 3.63) is 0 Å². The number of hydrogen-bond donors (Lipinski definition) is 2. The number of unbranched alkanes of at least 4 members (excludes halogenated alkanes) is 7. The fourth-order valence-electron chi connectivity index (χ4n) is 2.06. The molecule has 4 heteroatoms. The summed E-state index contributed by atoms with van der Waals surface area (Å²) < 4.78 is 5.18. The summed E-state index contributed by atoms with van der Waals surface area (Å²) in [6.07, 6.45) is 11.3. The Morgan fingerprint density at radius 2 is 1.60 bits per heavy atom. The van der Waals surface area contributed by atoms with Gasteiger partial charge in [-0.3, -0.25) is 4.79 Å². The molecule has 0 saturated heterocycles. The van der Waals surface area contributed by atoms with E-state index in [1.807, 2.05) is 0 Å². The molecule has 0 aliphatic rings. The number of aliphatic hydroxyl groups excluding tert-OH is 1. The van der Waals surface area contributed by atoms with Crippen LogP contribution in [0.25, 0.3) is 0 Å². The zero-order valence-corrected chi connectivity index (χ0v) is 13.2. The highest BCUT2D eigenvalue weighted by molar-refractivity contribution is 5.69. The molecule has 120 valence electrons. The molecule has 4 nitrogen and oxygen atoms in total. The molecule has 0 spiro atoms. The minimum atomic E-state index is -0.0984. The van der Waals surface area contributed by atoms with Crippen molar-refractivity contribution in [1.82, 2.24) is 5.32 Å². The van der Waals surface area contributed by atoms with E-state index in [9.17, 15) is 4.79 Å². The van der Waals surface area contributed by atoms with E-state index in [1.54, 1.807) is 0 Å². The molecular formula is C16H33NO3. The fourth-order valence-corrected chi connectivity index (χ4v) is 2.06.